The Morgan fingerprint density at radius 3 is 2.44 bits per heavy atom. The van der Waals surface area contributed by atoms with Crippen molar-refractivity contribution in [2.75, 3.05) is 0 Å². The van der Waals surface area contributed by atoms with Crippen molar-refractivity contribution in [1.82, 2.24) is 4.90 Å². The van der Waals surface area contributed by atoms with Gasteiger partial charge in [-0.15, -0.1) is 0 Å². The van der Waals surface area contributed by atoms with Gasteiger partial charge in [0.25, 0.3) is 11.7 Å². The van der Waals surface area contributed by atoms with E-state index in [4.69, 9.17) is 9.15 Å². The first-order valence-electron chi connectivity index (χ1n) is 11.3. The van der Waals surface area contributed by atoms with Gasteiger partial charge in [-0.25, -0.2) is 4.39 Å². The third kappa shape index (κ3) is 4.63. The molecule has 36 heavy (non-hydrogen) atoms. The van der Waals surface area contributed by atoms with Crippen molar-refractivity contribution >= 4 is 17.4 Å². The third-order valence-electron chi connectivity index (χ3n) is 5.99. The quantitative estimate of drug-likeness (QED) is 0.210. The molecule has 0 aliphatic carbocycles. The average Bonchev–Trinajstić information content (AvgIpc) is 3.51. The van der Waals surface area contributed by atoms with Crippen molar-refractivity contribution in [3.8, 4) is 5.75 Å². The Kier molecular flexibility index (Phi) is 6.36. The monoisotopic (exact) mass is 483 g/mol. The van der Waals surface area contributed by atoms with Gasteiger partial charge in [0.2, 0.25) is 0 Å². The summed E-state index contributed by atoms with van der Waals surface area (Å²) in [4.78, 5) is 27.6. The van der Waals surface area contributed by atoms with Crippen LogP contribution in [0.1, 0.15) is 28.5 Å². The van der Waals surface area contributed by atoms with Crippen molar-refractivity contribution in [2.45, 2.75) is 19.2 Å². The smallest absolute Gasteiger partial charge is 0.296 e. The number of ketones is 1. The van der Waals surface area contributed by atoms with E-state index < -0.39 is 23.5 Å². The molecule has 1 unspecified atom stereocenters. The summed E-state index contributed by atoms with van der Waals surface area (Å²) in [5, 5.41) is 11.1. The Morgan fingerprint density at radius 2 is 1.72 bits per heavy atom. The number of amides is 1. The van der Waals surface area contributed by atoms with Crippen LogP contribution >= 0.6 is 0 Å². The van der Waals surface area contributed by atoms with Crippen LogP contribution < -0.4 is 4.74 Å². The van der Waals surface area contributed by atoms with Crippen LogP contribution in [-0.4, -0.2) is 21.7 Å². The number of likely N-dealkylation sites (tertiary alicyclic amines) is 1. The molecule has 3 aromatic carbocycles. The molecule has 1 fully saturated rings. The topological polar surface area (TPSA) is 80.0 Å². The second-order valence-electron chi connectivity index (χ2n) is 8.36. The molecule has 1 aliphatic heterocycles. The van der Waals surface area contributed by atoms with E-state index in [0.29, 0.717) is 23.7 Å². The molecule has 0 spiro atoms. The Hall–Kier alpha value is -4.65. The lowest BCUT2D eigenvalue weighted by Gasteiger charge is -2.25. The molecule has 6 nitrogen and oxygen atoms in total. The van der Waals surface area contributed by atoms with Gasteiger partial charge in [0, 0.05) is 5.56 Å². The summed E-state index contributed by atoms with van der Waals surface area (Å²) >= 11 is 0. The summed E-state index contributed by atoms with van der Waals surface area (Å²) in [6.45, 7) is 0.365. The Labute approximate surface area is 206 Å². The minimum absolute atomic E-state index is 0.0253. The van der Waals surface area contributed by atoms with Crippen molar-refractivity contribution in [3.63, 3.8) is 0 Å². The highest BCUT2D eigenvalue weighted by Crippen LogP contribution is 2.41. The van der Waals surface area contributed by atoms with Gasteiger partial charge in [-0.05, 0) is 59.7 Å². The molecule has 5 rings (SSSR count). The molecule has 180 valence electrons. The number of nitrogens with zero attached hydrogens (tertiary/aromatic N) is 1. The summed E-state index contributed by atoms with van der Waals surface area (Å²) in [5.41, 5.74) is 1.71. The first-order valence-corrected chi connectivity index (χ1v) is 11.3. The molecule has 1 aliphatic rings. The number of carbonyl (C=O) groups is 2. The van der Waals surface area contributed by atoms with E-state index in [1.807, 2.05) is 30.3 Å². The van der Waals surface area contributed by atoms with Crippen molar-refractivity contribution in [1.29, 1.82) is 0 Å². The number of aliphatic hydroxyl groups excluding tert-OH is 1. The van der Waals surface area contributed by atoms with Crippen LogP contribution in [-0.2, 0) is 22.7 Å². The third-order valence-corrected chi connectivity index (χ3v) is 5.99. The van der Waals surface area contributed by atoms with E-state index in [-0.39, 0.29) is 23.4 Å². The van der Waals surface area contributed by atoms with E-state index in [1.165, 1.54) is 35.4 Å². The lowest BCUT2D eigenvalue weighted by atomic mass is 9.95. The van der Waals surface area contributed by atoms with Crippen LogP contribution in [0.25, 0.3) is 5.76 Å². The van der Waals surface area contributed by atoms with Crippen molar-refractivity contribution in [3.05, 3.63) is 131 Å². The average molecular weight is 483 g/mol. The van der Waals surface area contributed by atoms with Gasteiger partial charge in [-0.2, -0.15) is 0 Å². The van der Waals surface area contributed by atoms with Crippen LogP contribution in [0.3, 0.4) is 0 Å². The van der Waals surface area contributed by atoms with Crippen LogP contribution in [0.15, 0.2) is 107 Å². The van der Waals surface area contributed by atoms with Crippen LogP contribution in [0, 0.1) is 5.82 Å². The number of carbonyl (C=O) groups excluding carboxylic acids is 2. The van der Waals surface area contributed by atoms with E-state index in [0.717, 1.165) is 5.56 Å². The lowest BCUT2D eigenvalue weighted by Crippen LogP contribution is -2.29. The SMILES string of the molecule is O=C1C(=O)N(Cc2ccco2)C(c2cccc(OCc3ccccc3)c2)C1=C(O)c1ccc(F)cc1. The van der Waals surface area contributed by atoms with E-state index in [2.05, 4.69) is 0 Å². The molecule has 0 bridgehead atoms. The fourth-order valence-electron chi connectivity index (χ4n) is 4.24. The number of halogens is 1. The predicted molar refractivity (Wildman–Crippen MR) is 130 cm³/mol. The lowest BCUT2D eigenvalue weighted by molar-refractivity contribution is -0.140. The second kappa shape index (κ2) is 9.92. The maximum Gasteiger partial charge on any atom is 0.296 e. The zero-order valence-corrected chi connectivity index (χ0v) is 19.1. The minimum Gasteiger partial charge on any atom is -0.507 e. The molecule has 7 heteroatoms. The van der Waals surface area contributed by atoms with Crippen LogP contribution in [0.4, 0.5) is 4.39 Å². The normalized spacial score (nSPS) is 16.9. The molecule has 1 saturated heterocycles. The van der Waals surface area contributed by atoms with Gasteiger partial charge in [0.1, 0.15) is 29.7 Å². The van der Waals surface area contributed by atoms with E-state index >= 15 is 0 Å². The Bertz CT molecular complexity index is 1410. The number of aliphatic hydroxyl groups is 1. The maximum absolute atomic E-state index is 13.5. The number of furan rings is 1. The number of rotatable bonds is 7. The zero-order valence-electron chi connectivity index (χ0n) is 19.1. The largest absolute Gasteiger partial charge is 0.507 e. The van der Waals surface area contributed by atoms with Gasteiger partial charge in [-0.3, -0.25) is 9.59 Å². The Morgan fingerprint density at radius 1 is 0.944 bits per heavy atom. The fraction of sp³-hybridized carbons (Fsp3) is 0.103. The molecular weight excluding hydrogens is 461 g/mol. The standard InChI is InChI=1S/C29H22FNO5/c30-22-13-11-20(12-14-22)27(32)25-26(31(29(34)28(25)33)17-24-10-5-15-35-24)21-8-4-9-23(16-21)36-18-19-6-2-1-3-7-19/h1-16,26,32H,17-18H2. The first-order chi connectivity index (χ1) is 17.5. The highest BCUT2D eigenvalue weighted by Gasteiger charge is 2.46. The Balaban J connectivity index is 1.55. The van der Waals surface area contributed by atoms with E-state index in [1.54, 1.807) is 36.4 Å². The molecule has 1 amide bonds. The molecule has 1 N–H and O–H groups in total. The van der Waals surface area contributed by atoms with Gasteiger partial charge in [0.15, 0.2) is 0 Å². The maximum atomic E-state index is 13.5. The molecule has 4 aromatic rings. The zero-order chi connectivity index (χ0) is 25.1. The van der Waals surface area contributed by atoms with Crippen molar-refractivity contribution in [2.24, 2.45) is 0 Å². The molecule has 0 radical (unpaired) electrons. The minimum atomic E-state index is -0.902. The predicted octanol–water partition coefficient (Wildman–Crippen LogP) is 5.62. The molecular formula is C29H22FNO5. The number of benzene rings is 3. The van der Waals surface area contributed by atoms with Gasteiger partial charge in [-0.1, -0.05) is 42.5 Å². The van der Waals surface area contributed by atoms with Crippen molar-refractivity contribution < 1.29 is 28.2 Å². The fourth-order valence-corrected chi connectivity index (χ4v) is 4.24. The summed E-state index contributed by atoms with van der Waals surface area (Å²) in [5.74, 6) is -1.43. The highest BCUT2D eigenvalue weighted by atomic mass is 19.1. The molecule has 2 heterocycles. The summed E-state index contributed by atoms with van der Waals surface area (Å²) in [7, 11) is 0. The number of Topliss-reactive ketones (excluding diaryl/α,β-unsaturated/α-hetero) is 1. The van der Waals surface area contributed by atoms with Crippen LogP contribution in [0.2, 0.25) is 0 Å². The summed E-state index contributed by atoms with van der Waals surface area (Å²) < 4.78 is 24.8. The van der Waals surface area contributed by atoms with Gasteiger partial charge < -0.3 is 19.2 Å². The summed E-state index contributed by atoms with van der Waals surface area (Å²) in [6.07, 6.45) is 1.48. The molecule has 1 aromatic heterocycles. The summed E-state index contributed by atoms with van der Waals surface area (Å²) in [6, 6.07) is 24.3. The van der Waals surface area contributed by atoms with Gasteiger partial charge in [0.05, 0.1) is 24.4 Å². The number of ether oxygens (including phenoxy) is 1. The molecule has 0 saturated carbocycles. The van der Waals surface area contributed by atoms with Crippen LogP contribution in [0.5, 0.6) is 5.75 Å². The van der Waals surface area contributed by atoms with E-state index in [9.17, 15) is 19.1 Å². The second-order valence-corrected chi connectivity index (χ2v) is 8.36. The highest BCUT2D eigenvalue weighted by molar-refractivity contribution is 6.46. The number of hydrogen-bond acceptors (Lipinski definition) is 5. The first kappa shape index (κ1) is 23.1. The number of hydrogen-bond donors (Lipinski definition) is 1. The van der Waals surface area contributed by atoms with Gasteiger partial charge >= 0.3 is 0 Å². The molecule has 1 atom stereocenters.